The van der Waals surface area contributed by atoms with Crippen LogP contribution in [0.5, 0.6) is 23.0 Å². The van der Waals surface area contributed by atoms with E-state index in [4.69, 9.17) is 23.4 Å². The van der Waals surface area contributed by atoms with E-state index in [1.165, 1.54) is 6.07 Å². The predicted molar refractivity (Wildman–Crippen MR) is 141 cm³/mol. The van der Waals surface area contributed by atoms with E-state index in [9.17, 15) is 65.4 Å². The standard InChI is InChI=1S/C27H26O18/c28-9-2-1-7(3-13(9)43-27-21(36)17(32)19(34)23(45-27)25(39)40)12-6-11(30)15-10(29)4-8(5-14(15)42-12)41-26-20(35)16(31)18(33)22(44-26)24(37)38/h1-6,16-23,26-29,31-36H,(H,37,38)(H,39,40)/t16-,17-,18+,19+,20+,21-,22+,23+,26+,27+/m0/s1. The monoisotopic (exact) mass is 638 g/mol. The second kappa shape index (κ2) is 12.1. The molecule has 3 aromatic rings. The maximum atomic E-state index is 12.9. The number of aliphatic carboxylic acids is 2. The molecule has 242 valence electrons. The first-order valence-electron chi connectivity index (χ1n) is 13.0. The number of hydrogen-bond donors (Lipinski definition) is 10. The first kappa shape index (κ1) is 31.9. The Hall–Kier alpha value is -4.53. The van der Waals surface area contributed by atoms with Crippen LogP contribution in [0, 0.1) is 0 Å². The van der Waals surface area contributed by atoms with Gasteiger partial charge in [0.25, 0.3) is 0 Å². The van der Waals surface area contributed by atoms with Gasteiger partial charge in [-0.25, -0.2) is 9.59 Å². The van der Waals surface area contributed by atoms with Crippen LogP contribution >= 0.6 is 0 Å². The van der Waals surface area contributed by atoms with E-state index in [0.717, 1.165) is 30.3 Å². The van der Waals surface area contributed by atoms with E-state index in [2.05, 4.69) is 0 Å². The summed E-state index contributed by atoms with van der Waals surface area (Å²) in [4.78, 5) is 35.7. The van der Waals surface area contributed by atoms with E-state index in [1.54, 1.807) is 0 Å². The van der Waals surface area contributed by atoms with Gasteiger partial charge in [0.15, 0.2) is 29.1 Å². The van der Waals surface area contributed by atoms with Crippen molar-refractivity contribution in [2.24, 2.45) is 0 Å². The van der Waals surface area contributed by atoms with Gasteiger partial charge in [-0.15, -0.1) is 0 Å². The van der Waals surface area contributed by atoms with Crippen molar-refractivity contribution in [1.29, 1.82) is 0 Å². The number of aliphatic hydroxyl groups is 6. The molecule has 2 aromatic carbocycles. The van der Waals surface area contributed by atoms with Crippen molar-refractivity contribution in [2.45, 2.75) is 61.4 Å². The number of phenolic OH excluding ortho intramolecular Hbond substituents is 2. The maximum Gasteiger partial charge on any atom is 0.335 e. The van der Waals surface area contributed by atoms with Crippen molar-refractivity contribution in [1.82, 2.24) is 0 Å². The highest BCUT2D eigenvalue weighted by molar-refractivity contribution is 5.86. The van der Waals surface area contributed by atoms with Crippen molar-refractivity contribution in [3.63, 3.8) is 0 Å². The molecule has 18 heteroatoms. The van der Waals surface area contributed by atoms with Crippen LogP contribution in [-0.2, 0) is 19.1 Å². The first-order valence-corrected chi connectivity index (χ1v) is 13.0. The van der Waals surface area contributed by atoms with Crippen molar-refractivity contribution in [2.75, 3.05) is 0 Å². The molecule has 0 bridgehead atoms. The Kier molecular flexibility index (Phi) is 8.58. The average molecular weight is 638 g/mol. The number of carboxylic acids is 2. The molecule has 0 unspecified atom stereocenters. The summed E-state index contributed by atoms with van der Waals surface area (Å²) in [6.45, 7) is 0. The lowest BCUT2D eigenvalue weighted by atomic mass is 9.99. The van der Waals surface area contributed by atoms with Crippen LogP contribution in [-0.4, -0.2) is 124 Å². The Morgan fingerprint density at radius 1 is 0.667 bits per heavy atom. The lowest BCUT2D eigenvalue weighted by Gasteiger charge is -2.38. The number of carboxylic acid groups (broad SMARTS) is 2. The number of hydrogen-bond acceptors (Lipinski definition) is 16. The fourth-order valence-electron chi connectivity index (χ4n) is 4.77. The van der Waals surface area contributed by atoms with Crippen LogP contribution in [0.25, 0.3) is 22.3 Å². The number of carbonyl (C=O) groups is 2. The van der Waals surface area contributed by atoms with Gasteiger partial charge in [-0.3, -0.25) is 4.79 Å². The number of fused-ring (bicyclic) bond motifs is 1. The van der Waals surface area contributed by atoms with Gasteiger partial charge in [-0.2, -0.15) is 0 Å². The smallest absolute Gasteiger partial charge is 0.335 e. The summed E-state index contributed by atoms with van der Waals surface area (Å²) in [5, 5.41) is 99.3. The highest BCUT2D eigenvalue weighted by atomic mass is 16.7. The summed E-state index contributed by atoms with van der Waals surface area (Å²) in [7, 11) is 0. The molecular formula is C27H26O18. The molecule has 0 amide bonds. The molecule has 18 nitrogen and oxygen atoms in total. The fourth-order valence-corrected chi connectivity index (χ4v) is 4.77. The van der Waals surface area contributed by atoms with Crippen molar-refractivity contribution >= 4 is 22.9 Å². The minimum Gasteiger partial charge on any atom is -0.507 e. The largest absolute Gasteiger partial charge is 0.507 e. The average Bonchev–Trinajstić information content (AvgIpc) is 2.97. The third-order valence-corrected chi connectivity index (χ3v) is 7.15. The molecule has 5 rings (SSSR count). The molecule has 10 atom stereocenters. The predicted octanol–water partition coefficient (Wildman–Crippen LogP) is -2.59. The van der Waals surface area contributed by atoms with Crippen LogP contribution in [0.4, 0.5) is 0 Å². The Balaban J connectivity index is 1.46. The number of aliphatic hydroxyl groups excluding tert-OH is 6. The van der Waals surface area contributed by atoms with Crippen LogP contribution in [0.15, 0.2) is 45.6 Å². The van der Waals surface area contributed by atoms with Crippen molar-refractivity contribution in [3.8, 4) is 34.3 Å². The van der Waals surface area contributed by atoms with Gasteiger partial charge in [0.05, 0.1) is 0 Å². The molecule has 3 heterocycles. The normalized spacial score (nSPS) is 31.8. The number of benzene rings is 2. The van der Waals surface area contributed by atoms with Crippen molar-refractivity contribution < 1.29 is 84.0 Å². The number of rotatable bonds is 7. The van der Waals surface area contributed by atoms with Gasteiger partial charge in [0.2, 0.25) is 12.6 Å². The summed E-state index contributed by atoms with van der Waals surface area (Å²) < 4.78 is 26.7. The molecule has 2 aliphatic rings. The zero-order valence-electron chi connectivity index (χ0n) is 22.5. The van der Waals surface area contributed by atoms with E-state index in [0.29, 0.717) is 0 Å². The third-order valence-electron chi connectivity index (χ3n) is 7.15. The second-order valence-corrected chi connectivity index (χ2v) is 10.2. The molecule has 45 heavy (non-hydrogen) atoms. The van der Waals surface area contributed by atoms with Gasteiger partial charge in [0.1, 0.15) is 64.9 Å². The van der Waals surface area contributed by atoms with Gasteiger partial charge in [-0.1, -0.05) is 0 Å². The molecule has 2 saturated heterocycles. The van der Waals surface area contributed by atoms with Crippen LogP contribution in [0.1, 0.15) is 0 Å². The summed E-state index contributed by atoms with van der Waals surface area (Å²) in [6, 6.07) is 6.43. The minimum absolute atomic E-state index is 0.0562. The summed E-state index contributed by atoms with van der Waals surface area (Å²) in [5.74, 6) is -5.45. The van der Waals surface area contributed by atoms with Gasteiger partial charge in [-0.05, 0) is 18.2 Å². The number of ether oxygens (including phenoxy) is 4. The van der Waals surface area contributed by atoms with E-state index >= 15 is 0 Å². The lowest BCUT2D eigenvalue weighted by Crippen LogP contribution is -2.61. The summed E-state index contributed by atoms with van der Waals surface area (Å²) >= 11 is 0. The van der Waals surface area contributed by atoms with E-state index in [-0.39, 0.29) is 28.0 Å². The van der Waals surface area contributed by atoms with Crippen molar-refractivity contribution in [3.05, 3.63) is 46.6 Å². The maximum absolute atomic E-state index is 12.9. The number of phenols is 2. The summed E-state index contributed by atoms with van der Waals surface area (Å²) in [6.07, 6.45) is -19.5. The highest BCUT2D eigenvalue weighted by Crippen LogP contribution is 2.37. The molecule has 0 saturated carbocycles. The molecule has 0 spiro atoms. The number of aromatic hydroxyl groups is 2. The second-order valence-electron chi connectivity index (χ2n) is 10.2. The van der Waals surface area contributed by atoms with Crippen LogP contribution in [0.3, 0.4) is 0 Å². The SMILES string of the molecule is O=C(O)[C@@H]1O[C@@H](Oc2cc(-c3cc(=O)c4c(O)cc(O[C@@H]5O[C@@H](C(=O)O)[C@H](O)[C@H](O)[C@H]5O)cc4o3)ccc2O)[C@@H](O)[C@@H](O)[C@H]1O. The third kappa shape index (κ3) is 5.95. The van der Waals surface area contributed by atoms with Crippen LogP contribution in [0.2, 0.25) is 0 Å². The molecule has 1 aromatic heterocycles. The molecule has 0 radical (unpaired) electrons. The molecule has 2 fully saturated rings. The Labute approximate surface area is 249 Å². The Bertz CT molecular complexity index is 1670. The summed E-state index contributed by atoms with van der Waals surface area (Å²) in [5.41, 5.74) is -1.01. The quantitative estimate of drug-likeness (QED) is 0.127. The van der Waals surface area contributed by atoms with E-state index in [1.807, 2.05) is 0 Å². The van der Waals surface area contributed by atoms with Gasteiger partial charge in [0, 0.05) is 23.8 Å². The zero-order chi connectivity index (χ0) is 32.9. The molecule has 2 aliphatic heterocycles. The zero-order valence-corrected chi connectivity index (χ0v) is 22.5. The van der Waals surface area contributed by atoms with Crippen LogP contribution < -0.4 is 14.9 Å². The Morgan fingerprint density at radius 3 is 1.78 bits per heavy atom. The molecule has 0 aliphatic carbocycles. The van der Waals surface area contributed by atoms with E-state index < -0.39 is 96.0 Å². The van der Waals surface area contributed by atoms with Gasteiger partial charge < -0.3 is 74.4 Å². The highest BCUT2D eigenvalue weighted by Gasteiger charge is 2.49. The fraction of sp³-hybridized carbons (Fsp3) is 0.370. The lowest BCUT2D eigenvalue weighted by molar-refractivity contribution is -0.271. The van der Waals surface area contributed by atoms with Gasteiger partial charge >= 0.3 is 11.9 Å². The molecule has 10 N–H and O–H groups in total. The first-order chi connectivity index (χ1) is 21.2. The topological polar surface area (TPSA) is 304 Å². The Morgan fingerprint density at radius 2 is 1.22 bits per heavy atom. The minimum atomic E-state index is -1.99. The molecular weight excluding hydrogens is 612 g/mol.